The van der Waals surface area contributed by atoms with Crippen molar-refractivity contribution in [2.24, 2.45) is 5.73 Å². The number of rotatable bonds is 2. The van der Waals surface area contributed by atoms with E-state index in [9.17, 15) is 8.78 Å². The van der Waals surface area contributed by atoms with Gasteiger partial charge in [0.05, 0.1) is 0 Å². The monoisotopic (exact) mass is 111 g/mol. The van der Waals surface area contributed by atoms with Crippen LogP contribution in [0.25, 0.3) is 0 Å². The molecule has 0 amide bonds. The lowest BCUT2D eigenvalue weighted by molar-refractivity contribution is -0.0584. The van der Waals surface area contributed by atoms with Gasteiger partial charge < -0.3 is 4.74 Å². The molecular formula is C3H7F2NO. The topological polar surface area (TPSA) is 35.2 Å². The van der Waals surface area contributed by atoms with Crippen LogP contribution in [0.1, 0.15) is 0 Å². The van der Waals surface area contributed by atoms with Gasteiger partial charge in [-0.1, -0.05) is 0 Å². The summed E-state index contributed by atoms with van der Waals surface area (Å²) < 4.78 is 26.8. The van der Waals surface area contributed by atoms with Gasteiger partial charge in [-0.2, -0.15) is 8.78 Å². The summed E-state index contributed by atoms with van der Waals surface area (Å²) in [5.41, 5.74) is 4.19. The molecule has 0 aromatic rings. The Morgan fingerprint density at radius 1 is 1.71 bits per heavy atom. The SMILES string of the molecule is COCC(N)(F)F. The maximum Gasteiger partial charge on any atom is 0.323 e. The van der Waals surface area contributed by atoms with Crippen LogP contribution < -0.4 is 5.73 Å². The third-order valence-electron chi connectivity index (χ3n) is 0.337. The molecule has 0 atom stereocenters. The fraction of sp³-hybridized carbons (Fsp3) is 1.00. The minimum absolute atomic E-state index is 0.715. The van der Waals surface area contributed by atoms with Crippen LogP contribution in [0.15, 0.2) is 0 Å². The van der Waals surface area contributed by atoms with Gasteiger partial charge in [-0.15, -0.1) is 0 Å². The standard InChI is InChI=1S/C3H7F2NO/c1-7-2-3(4,5)6/h2,6H2,1H3. The number of hydrogen-bond acceptors (Lipinski definition) is 2. The first-order valence-electron chi connectivity index (χ1n) is 1.72. The zero-order valence-corrected chi connectivity index (χ0v) is 3.95. The average molecular weight is 111 g/mol. The smallest absolute Gasteiger partial charge is 0.323 e. The van der Waals surface area contributed by atoms with Gasteiger partial charge in [0.1, 0.15) is 6.61 Å². The Balaban J connectivity index is 3.15. The summed E-state index contributed by atoms with van der Waals surface area (Å²) in [6.45, 7) is -0.715. The molecule has 0 aromatic carbocycles. The minimum atomic E-state index is -3.17. The largest absolute Gasteiger partial charge is 0.377 e. The fourth-order valence-corrected chi connectivity index (χ4v) is 0.192. The molecule has 2 nitrogen and oxygen atoms in total. The maximum atomic E-state index is 11.4. The number of methoxy groups -OCH3 is 1. The van der Waals surface area contributed by atoms with Gasteiger partial charge in [-0.25, -0.2) is 0 Å². The number of ether oxygens (including phenoxy) is 1. The summed E-state index contributed by atoms with van der Waals surface area (Å²) in [6, 6.07) is -3.17. The molecule has 0 rings (SSSR count). The van der Waals surface area contributed by atoms with Crippen molar-refractivity contribution in [1.82, 2.24) is 0 Å². The van der Waals surface area contributed by atoms with E-state index in [0.29, 0.717) is 0 Å². The Hall–Kier alpha value is -0.220. The van der Waals surface area contributed by atoms with Crippen molar-refractivity contribution in [3.05, 3.63) is 0 Å². The van der Waals surface area contributed by atoms with Crippen LogP contribution in [0.3, 0.4) is 0 Å². The fourth-order valence-electron chi connectivity index (χ4n) is 0.192. The zero-order chi connectivity index (χ0) is 5.91. The molecule has 0 heterocycles. The molecule has 0 radical (unpaired) electrons. The Labute approximate surface area is 40.3 Å². The van der Waals surface area contributed by atoms with E-state index in [-0.39, 0.29) is 0 Å². The van der Waals surface area contributed by atoms with Crippen molar-refractivity contribution >= 4 is 0 Å². The highest BCUT2D eigenvalue weighted by molar-refractivity contribution is 4.49. The van der Waals surface area contributed by atoms with Crippen LogP contribution in [0.4, 0.5) is 8.78 Å². The Morgan fingerprint density at radius 2 is 2.14 bits per heavy atom. The Morgan fingerprint density at radius 3 is 2.14 bits per heavy atom. The maximum absolute atomic E-state index is 11.4. The summed E-state index contributed by atoms with van der Waals surface area (Å²) in [6.07, 6.45) is 0. The van der Waals surface area contributed by atoms with E-state index in [1.165, 1.54) is 7.11 Å². The van der Waals surface area contributed by atoms with Crippen molar-refractivity contribution in [2.75, 3.05) is 13.7 Å². The second-order valence-corrected chi connectivity index (χ2v) is 1.19. The molecule has 0 aliphatic carbocycles. The molecule has 0 fully saturated rings. The van der Waals surface area contributed by atoms with E-state index in [2.05, 4.69) is 10.5 Å². The first-order chi connectivity index (χ1) is 3.06. The van der Waals surface area contributed by atoms with Crippen LogP contribution >= 0.6 is 0 Å². The van der Waals surface area contributed by atoms with Crippen molar-refractivity contribution in [2.45, 2.75) is 6.05 Å². The van der Waals surface area contributed by atoms with Crippen LogP contribution in [-0.2, 0) is 4.74 Å². The Kier molecular flexibility index (Phi) is 2.11. The predicted octanol–water partition coefficient (Wildman–Crippen LogP) is 0.184. The van der Waals surface area contributed by atoms with E-state index in [1.807, 2.05) is 0 Å². The predicted molar refractivity (Wildman–Crippen MR) is 21.0 cm³/mol. The van der Waals surface area contributed by atoms with E-state index in [1.54, 1.807) is 0 Å². The van der Waals surface area contributed by atoms with Crippen LogP contribution in [0.2, 0.25) is 0 Å². The second-order valence-electron chi connectivity index (χ2n) is 1.19. The highest BCUT2D eigenvalue weighted by Gasteiger charge is 2.20. The molecule has 7 heavy (non-hydrogen) atoms. The number of hydrogen-bond donors (Lipinski definition) is 1. The highest BCUT2D eigenvalue weighted by atomic mass is 19.3. The molecular weight excluding hydrogens is 104 g/mol. The molecule has 0 bridgehead atoms. The van der Waals surface area contributed by atoms with Gasteiger partial charge >= 0.3 is 6.05 Å². The lowest BCUT2D eigenvalue weighted by Crippen LogP contribution is -2.33. The van der Waals surface area contributed by atoms with Gasteiger partial charge in [0.25, 0.3) is 0 Å². The van der Waals surface area contributed by atoms with Gasteiger partial charge in [0.2, 0.25) is 0 Å². The summed E-state index contributed by atoms with van der Waals surface area (Å²) in [5.74, 6) is 0. The number of nitrogens with two attached hydrogens (primary N) is 1. The zero-order valence-electron chi connectivity index (χ0n) is 3.95. The average Bonchev–Trinajstić information content (AvgIpc) is 1.30. The third kappa shape index (κ3) is 5.78. The lowest BCUT2D eigenvalue weighted by atomic mass is 10.6. The molecule has 4 heteroatoms. The van der Waals surface area contributed by atoms with Crippen LogP contribution in [0, 0.1) is 0 Å². The molecule has 2 N–H and O–H groups in total. The van der Waals surface area contributed by atoms with E-state index in [0.717, 1.165) is 0 Å². The highest BCUT2D eigenvalue weighted by Crippen LogP contribution is 2.01. The Bertz CT molecular complexity index is 51.4. The molecule has 44 valence electrons. The minimum Gasteiger partial charge on any atom is -0.377 e. The third-order valence-corrected chi connectivity index (χ3v) is 0.337. The number of alkyl halides is 2. The molecule has 0 aliphatic rings. The van der Waals surface area contributed by atoms with Crippen LogP contribution in [0.5, 0.6) is 0 Å². The lowest BCUT2D eigenvalue weighted by Gasteiger charge is -2.05. The summed E-state index contributed by atoms with van der Waals surface area (Å²) >= 11 is 0. The summed E-state index contributed by atoms with van der Waals surface area (Å²) in [5, 5.41) is 0. The van der Waals surface area contributed by atoms with Gasteiger partial charge in [-0.05, 0) is 0 Å². The summed E-state index contributed by atoms with van der Waals surface area (Å²) in [7, 11) is 1.17. The van der Waals surface area contributed by atoms with Crippen molar-refractivity contribution in [3.63, 3.8) is 0 Å². The first-order valence-corrected chi connectivity index (χ1v) is 1.72. The molecule has 0 spiro atoms. The van der Waals surface area contributed by atoms with Gasteiger partial charge in [0, 0.05) is 7.11 Å². The second kappa shape index (κ2) is 2.18. The first kappa shape index (κ1) is 6.78. The molecule has 0 saturated heterocycles. The van der Waals surface area contributed by atoms with Crippen molar-refractivity contribution in [1.29, 1.82) is 0 Å². The van der Waals surface area contributed by atoms with Crippen molar-refractivity contribution in [3.8, 4) is 0 Å². The summed E-state index contributed by atoms with van der Waals surface area (Å²) in [4.78, 5) is 0. The van der Waals surface area contributed by atoms with E-state index < -0.39 is 12.7 Å². The molecule has 0 aromatic heterocycles. The van der Waals surface area contributed by atoms with Gasteiger partial charge in [0.15, 0.2) is 0 Å². The van der Waals surface area contributed by atoms with E-state index in [4.69, 9.17) is 0 Å². The molecule has 0 aliphatic heterocycles. The number of halogens is 2. The molecule has 0 unspecified atom stereocenters. The molecule has 0 saturated carbocycles. The quantitative estimate of drug-likeness (QED) is 0.516. The van der Waals surface area contributed by atoms with Gasteiger partial charge in [-0.3, -0.25) is 5.73 Å². The normalized spacial score (nSPS) is 12.0. The van der Waals surface area contributed by atoms with Crippen LogP contribution in [-0.4, -0.2) is 19.8 Å². The van der Waals surface area contributed by atoms with Crippen molar-refractivity contribution < 1.29 is 13.5 Å². The van der Waals surface area contributed by atoms with E-state index >= 15 is 0 Å².